The molecule has 4 rings (SSSR count). The van der Waals surface area contributed by atoms with Gasteiger partial charge in [0.25, 0.3) is 0 Å². The summed E-state index contributed by atoms with van der Waals surface area (Å²) in [6.45, 7) is 8.72. The molecule has 1 saturated heterocycles. The average molecular weight is 567 g/mol. The summed E-state index contributed by atoms with van der Waals surface area (Å²) in [7, 11) is 0. The second-order valence-electron chi connectivity index (χ2n) is 10.4. The van der Waals surface area contributed by atoms with Gasteiger partial charge in [0, 0.05) is 53.1 Å². The molecule has 2 heterocycles. The highest BCUT2D eigenvalue weighted by molar-refractivity contribution is 7.99. The van der Waals surface area contributed by atoms with Gasteiger partial charge < -0.3 is 20.6 Å². The molecule has 210 valence electrons. The summed E-state index contributed by atoms with van der Waals surface area (Å²) in [4.78, 5) is 9.05. The van der Waals surface area contributed by atoms with Crippen molar-refractivity contribution in [2.45, 2.75) is 58.3 Å². The van der Waals surface area contributed by atoms with E-state index in [0.717, 1.165) is 62.3 Å². The third kappa shape index (κ3) is 8.98. The lowest BCUT2D eigenvalue weighted by Gasteiger charge is -2.25. The molecule has 1 aliphatic rings. The smallest absolute Gasteiger partial charge is 0.170 e. The molecular formula is C31H42N4O2S2. The number of aryl methyl sites for hydroxylation is 1. The van der Waals surface area contributed by atoms with Crippen LogP contribution in [0.15, 0.2) is 53.7 Å². The zero-order chi connectivity index (χ0) is 27.5. The normalized spacial score (nSPS) is 14.7. The van der Waals surface area contributed by atoms with Crippen LogP contribution < -0.4 is 10.5 Å². The van der Waals surface area contributed by atoms with Crippen molar-refractivity contribution >= 4 is 28.9 Å². The fraction of sp³-hybridized carbons (Fsp3) is 0.484. The fourth-order valence-electron chi connectivity index (χ4n) is 4.68. The average Bonchev–Trinajstić information content (AvgIpc) is 3.41. The maximum absolute atomic E-state index is 8.77. The molecule has 1 aliphatic heterocycles. The zero-order valence-electron chi connectivity index (χ0n) is 23.3. The number of oxime groups is 1. The predicted octanol–water partition coefficient (Wildman–Crippen LogP) is 6.80. The number of hydrogen-bond acceptors (Lipinski definition) is 7. The van der Waals surface area contributed by atoms with Crippen molar-refractivity contribution in [3.05, 3.63) is 69.5 Å². The Balaban J connectivity index is 1.20. The first-order valence-corrected chi connectivity index (χ1v) is 16.1. The molecule has 0 amide bonds. The van der Waals surface area contributed by atoms with Gasteiger partial charge in [0.05, 0.1) is 17.3 Å². The van der Waals surface area contributed by atoms with E-state index in [-0.39, 0.29) is 5.84 Å². The number of nitrogens with two attached hydrogens (primary N) is 1. The zero-order valence-corrected chi connectivity index (χ0v) is 24.9. The van der Waals surface area contributed by atoms with Crippen LogP contribution in [0.2, 0.25) is 0 Å². The van der Waals surface area contributed by atoms with E-state index in [1.165, 1.54) is 52.0 Å². The van der Waals surface area contributed by atoms with E-state index in [1.54, 1.807) is 0 Å². The second kappa shape index (κ2) is 15.3. The van der Waals surface area contributed by atoms with Crippen LogP contribution >= 0.6 is 23.1 Å². The van der Waals surface area contributed by atoms with Crippen molar-refractivity contribution in [2.75, 3.05) is 37.7 Å². The third-order valence-corrected chi connectivity index (χ3v) is 9.44. The van der Waals surface area contributed by atoms with Gasteiger partial charge in [0.2, 0.25) is 0 Å². The largest absolute Gasteiger partial charge is 0.494 e. The van der Waals surface area contributed by atoms with E-state index >= 15 is 0 Å². The number of hydrogen-bond donors (Lipinski definition) is 2. The Morgan fingerprint density at radius 2 is 1.72 bits per heavy atom. The van der Waals surface area contributed by atoms with Gasteiger partial charge in [-0.3, -0.25) is 0 Å². The molecule has 0 aliphatic carbocycles. The molecule has 6 nitrogen and oxygen atoms in total. The number of ether oxygens (including phenoxy) is 1. The van der Waals surface area contributed by atoms with Gasteiger partial charge in [-0.15, -0.1) is 11.3 Å². The van der Waals surface area contributed by atoms with Crippen molar-refractivity contribution in [3.63, 3.8) is 0 Å². The number of thioether (sulfide) groups is 1. The molecule has 3 aromatic rings. The molecule has 0 spiro atoms. The van der Waals surface area contributed by atoms with Gasteiger partial charge in [-0.05, 0) is 55.5 Å². The quantitative estimate of drug-likeness (QED) is 0.0734. The van der Waals surface area contributed by atoms with Crippen molar-refractivity contribution in [3.8, 4) is 17.0 Å². The van der Waals surface area contributed by atoms with E-state index in [0.29, 0.717) is 5.92 Å². The van der Waals surface area contributed by atoms with Crippen LogP contribution in [0, 0.1) is 0 Å². The Morgan fingerprint density at radius 1 is 1.00 bits per heavy atom. The van der Waals surface area contributed by atoms with E-state index in [1.807, 2.05) is 35.6 Å². The first-order chi connectivity index (χ1) is 19.0. The van der Waals surface area contributed by atoms with Crippen LogP contribution in [0.5, 0.6) is 5.75 Å². The standard InChI is InChI=1S/C31H42N4O2S2/c1-23(2)31-33-29(28(39-31)16-17-35-18-21-38-22-19-35)25-12-14-27(15-13-25)37-20-6-4-3-5-7-24-8-10-26(11-9-24)30(32)34-36/h8-15,23,36H,3-7,16-22H2,1-2H3,(H2,32,34). The Hall–Kier alpha value is -2.55. The van der Waals surface area contributed by atoms with Crippen molar-refractivity contribution in [1.29, 1.82) is 0 Å². The van der Waals surface area contributed by atoms with Crippen LogP contribution in [0.4, 0.5) is 0 Å². The SMILES string of the molecule is CC(C)c1nc(-c2ccc(OCCCCCCc3ccc(/C(N)=N/O)cc3)cc2)c(CCN2CCSCC2)s1. The molecular weight excluding hydrogens is 525 g/mol. The van der Waals surface area contributed by atoms with Gasteiger partial charge in [-0.25, -0.2) is 4.98 Å². The number of benzene rings is 2. The topological polar surface area (TPSA) is 84.0 Å². The molecule has 0 bridgehead atoms. The Labute approximate surface area is 241 Å². The van der Waals surface area contributed by atoms with Crippen molar-refractivity contribution in [1.82, 2.24) is 9.88 Å². The maximum Gasteiger partial charge on any atom is 0.170 e. The van der Waals surface area contributed by atoms with Crippen molar-refractivity contribution < 1.29 is 9.94 Å². The van der Waals surface area contributed by atoms with Crippen LogP contribution in [0.25, 0.3) is 11.3 Å². The highest BCUT2D eigenvalue weighted by Crippen LogP contribution is 2.33. The summed E-state index contributed by atoms with van der Waals surface area (Å²) in [5, 5.41) is 13.0. The lowest BCUT2D eigenvalue weighted by atomic mass is 10.0. The summed E-state index contributed by atoms with van der Waals surface area (Å²) >= 11 is 3.95. The molecule has 0 unspecified atom stereocenters. The van der Waals surface area contributed by atoms with Crippen LogP contribution in [0.3, 0.4) is 0 Å². The number of unbranched alkanes of at least 4 members (excludes halogenated alkanes) is 3. The van der Waals surface area contributed by atoms with E-state index < -0.39 is 0 Å². The summed E-state index contributed by atoms with van der Waals surface area (Å²) in [5.74, 6) is 4.02. The van der Waals surface area contributed by atoms with Gasteiger partial charge in [0.15, 0.2) is 5.84 Å². The molecule has 0 saturated carbocycles. The molecule has 1 fully saturated rings. The molecule has 8 heteroatoms. The van der Waals surface area contributed by atoms with E-state index in [4.69, 9.17) is 20.7 Å². The molecule has 39 heavy (non-hydrogen) atoms. The van der Waals surface area contributed by atoms with Crippen molar-refractivity contribution in [2.24, 2.45) is 10.9 Å². The first kappa shape index (κ1) is 29.4. The molecule has 3 N–H and O–H groups in total. The highest BCUT2D eigenvalue weighted by Gasteiger charge is 2.17. The van der Waals surface area contributed by atoms with Gasteiger partial charge in [0.1, 0.15) is 5.75 Å². The summed E-state index contributed by atoms with van der Waals surface area (Å²) < 4.78 is 6.04. The highest BCUT2D eigenvalue weighted by atomic mass is 32.2. The number of aromatic nitrogens is 1. The van der Waals surface area contributed by atoms with Gasteiger partial charge in [-0.2, -0.15) is 11.8 Å². The Kier molecular flexibility index (Phi) is 11.5. The summed E-state index contributed by atoms with van der Waals surface area (Å²) in [6.07, 6.45) is 6.62. The van der Waals surface area contributed by atoms with E-state index in [2.05, 4.69) is 59.9 Å². The van der Waals surface area contributed by atoms with Gasteiger partial charge in [-0.1, -0.05) is 56.1 Å². The lowest BCUT2D eigenvalue weighted by molar-refractivity contribution is 0.304. The van der Waals surface area contributed by atoms with Crippen LogP contribution in [-0.4, -0.2) is 58.7 Å². The van der Waals surface area contributed by atoms with Gasteiger partial charge >= 0.3 is 0 Å². The fourth-order valence-corrected chi connectivity index (χ4v) is 6.74. The number of amidine groups is 1. The monoisotopic (exact) mass is 566 g/mol. The first-order valence-electron chi connectivity index (χ1n) is 14.1. The van der Waals surface area contributed by atoms with Crippen LogP contribution in [-0.2, 0) is 12.8 Å². The molecule has 0 radical (unpaired) electrons. The minimum atomic E-state index is 0.145. The molecule has 1 aromatic heterocycles. The summed E-state index contributed by atoms with van der Waals surface area (Å²) in [5.41, 5.74) is 9.98. The minimum Gasteiger partial charge on any atom is -0.494 e. The van der Waals surface area contributed by atoms with Crippen LogP contribution in [0.1, 0.15) is 66.5 Å². The number of thiazole rings is 1. The summed E-state index contributed by atoms with van der Waals surface area (Å²) in [6, 6.07) is 16.4. The third-order valence-electron chi connectivity index (χ3n) is 7.08. The molecule has 0 atom stereocenters. The predicted molar refractivity (Wildman–Crippen MR) is 166 cm³/mol. The number of rotatable bonds is 14. The maximum atomic E-state index is 8.77. The number of nitrogens with zero attached hydrogens (tertiary/aromatic N) is 3. The molecule has 2 aromatic carbocycles. The minimum absolute atomic E-state index is 0.145. The van der Waals surface area contributed by atoms with E-state index in [9.17, 15) is 0 Å². The Bertz CT molecular complexity index is 1170. The lowest BCUT2D eigenvalue weighted by Crippen LogP contribution is -2.34. The second-order valence-corrected chi connectivity index (χ2v) is 12.7. The Morgan fingerprint density at radius 3 is 2.41 bits per heavy atom.